The van der Waals surface area contributed by atoms with Crippen LogP contribution in [0.25, 0.3) is 16.4 Å². The molecule has 0 saturated heterocycles. The van der Waals surface area contributed by atoms with Gasteiger partial charge in [0, 0.05) is 6.54 Å². The number of hydrogen-bond acceptors (Lipinski definition) is 5. The van der Waals surface area contributed by atoms with Gasteiger partial charge < -0.3 is 10.0 Å². The van der Waals surface area contributed by atoms with Crippen LogP contribution in [0.2, 0.25) is 0 Å². The monoisotopic (exact) mass is 436 g/mol. The maximum Gasteiger partial charge on any atom is 0.416 e. The molecule has 2 aromatic heterocycles. The molecular weight excluding hydrogens is 421 g/mol. The molecule has 156 valence electrons. The quantitative estimate of drug-likeness (QED) is 0.571. The van der Waals surface area contributed by atoms with E-state index < -0.39 is 30.2 Å². The second-order valence-electron chi connectivity index (χ2n) is 6.06. The van der Waals surface area contributed by atoms with Gasteiger partial charge in [-0.3, -0.25) is 9.59 Å². The second kappa shape index (κ2) is 8.49. The summed E-state index contributed by atoms with van der Waals surface area (Å²) >= 11 is 1.27. The van der Waals surface area contributed by atoms with Crippen molar-refractivity contribution in [2.75, 3.05) is 13.1 Å². The number of aliphatic carboxylic acids is 1. The maximum absolute atomic E-state index is 13.1. The average Bonchev–Trinajstić information content (AvgIpc) is 3.36. The van der Waals surface area contributed by atoms with Crippen LogP contribution in [-0.4, -0.2) is 49.7 Å². The Morgan fingerprint density at radius 1 is 1.27 bits per heavy atom. The smallest absolute Gasteiger partial charge is 0.416 e. The average molecular weight is 436 g/mol. The van der Waals surface area contributed by atoms with Gasteiger partial charge in [-0.2, -0.15) is 13.2 Å². The molecule has 7 nitrogen and oxygen atoms in total. The molecule has 0 aliphatic carbocycles. The molecule has 1 N–H and O–H groups in total. The highest BCUT2D eigenvalue weighted by molar-refractivity contribution is 7.13. The lowest BCUT2D eigenvalue weighted by Gasteiger charge is -2.16. The van der Waals surface area contributed by atoms with Crippen molar-refractivity contribution in [3.8, 4) is 16.4 Å². The van der Waals surface area contributed by atoms with E-state index in [1.807, 2.05) is 0 Å². The first kappa shape index (κ1) is 21.2. The Kier molecular flexibility index (Phi) is 6.01. The van der Waals surface area contributed by atoms with E-state index in [9.17, 15) is 22.8 Å². The van der Waals surface area contributed by atoms with Gasteiger partial charge in [-0.15, -0.1) is 23.0 Å². The molecule has 11 heteroatoms. The van der Waals surface area contributed by atoms with Crippen molar-refractivity contribution in [2.45, 2.75) is 6.18 Å². The molecule has 1 aromatic carbocycles. The highest BCUT2D eigenvalue weighted by Crippen LogP contribution is 2.32. The fourth-order valence-electron chi connectivity index (χ4n) is 2.64. The van der Waals surface area contributed by atoms with Crippen LogP contribution >= 0.6 is 11.3 Å². The van der Waals surface area contributed by atoms with Crippen LogP contribution in [0.1, 0.15) is 16.2 Å². The van der Waals surface area contributed by atoms with E-state index in [0.29, 0.717) is 4.88 Å². The third-order valence-corrected chi connectivity index (χ3v) is 4.79. The number of alkyl halides is 3. The summed E-state index contributed by atoms with van der Waals surface area (Å²) in [4.78, 5) is 29.6. The summed E-state index contributed by atoms with van der Waals surface area (Å²) in [6.07, 6.45) is -3.20. The van der Waals surface area contributed by atoms with Crippen LogP contribution in [0.4, 0.5) is 13.2 Å². The SMILES string of the molecule is C=CCN(CC(=O)O)C(=O)c1nc(-c2cccs2)n(-c2cccc(C(F)(F)F)c2)n1. The number of nitrogens with zero attached hydrogens (tertiary/aromatic N) is 4. The van der Waals surface area contributed by atoms with Gasteiger partial charge in [0.25, 0.3) is 5.91 Å². The van der Waals surface area contributed by atoms with Crippen molar-refractivity contribution < 1.29 is 27.9 Å². The maximum atomic E-state index is 13.1. The Balaban J connectivity index is 2.10. The zero-order valence-corrected chi connectivity index (χ0v) is 16.2. The number of amides is 1. The Bertz CT molecular complexity index is 1080. The molecule has 30 heavy (non-hydrogen) atoms. The minimum atomic E-state index is -4.55. The molecule has 0 aliphatic heterocycles. The molecule has 3 rings (SSSR count). The van der Waals surface area contributed by atoms with Gasteiger partial charge in [-0.25, -0.2) is 9.67 Å². The third kappa shape index (κ3) is 4.57. The van der Waals surface area contributed by atoms with Crippen molar-refractivity contribution in [3.63, 3.8) is 0 Å². The van der Waals surface area contributed by atoms with E-state index in [4.69, 9.17) is 5.11 Å². The molecule has 0 saturated carbocycles. The fourth-order valence-corrected chi connectivity index (χ4v) is 3.34. The van der Waals surface area contributed by atoms with E-state index in [1.54, 1.807) is 17.5 Å². The van der Waals surface area contributed by atoms with Crippen LogP contribution < -0.4 is 0 Å². The molecule has 0 atom stereocenters. The minimum absolute atomic E-state index is 0.0580. The van der Waals surface area contributed by atoms with Crippen LogP contribution in [-0.2, 0) is 11.0 Å². The minimum Gasteiger partial charge on any atom is -0.480 e. The number of thiophene rings is 1. The van der Waals surface area contributed by atoms with Crippen molar-refractivity contribution in [3.05, 3.63) is 65.8 Å². The molecule has 1 amide bonds. The topological polar surface area (TPSA) is 88.3 Å². The van der Waals surface area contributed by atoms with Crippen molar-refractivity contribution >= 4 is 23.2 Å². The number of hydrogen-bond donors (Lipinski definition) is 1. The van der Waals surface area contributed by atoms with E-state index in [2.05, 4.69) is 16.7 Å². The van der Waals surface area contributed by atoms with Crippen LogP contribution in [0.5, 0.6) is 0 Å². The zero-order chi connectivity index (χ0) is 21.9. The van der Waals surface area contributed by atoms with E-state index in [-0.39, 0.29) is 23.9 Å². The molecule has 0 spiro atoms. The van der Waals surface area contributed by atoms with Crippen LogP contribution in [0.15, 0.2) is 54.4 Å². The van der Waals surface area contributed by atoms with E-state index in [1.165, 1.54) is 29.5 Å². The van der Waals surface area contributed by atoms with Gasteiger partial charge in [-0.05, 0) is 29.6 Å². The lowest BCUT2D eigenvalue weighted by atomic mass is 10.2. The van der Waals surface area contributed by atoms with Gasteiger partial charge in [-0.1, -0.05) is 18.2 Å². The summed E-state index contributed by atoms with van der Waals surface area (Å²) in [6, 6.07) is 7.88. The molecular formula is C19H15F3N4O3S. The molecule has 0 fully saturated rings. The first-order valence-electron chi connectivity index (χ1n) is 8.51. The summed E-state index contributed by atoms with van der Waals surface area (Å²) in [5.74, 6) is -2.18. The molecule has 0 unspecified atom stereocenters. The summed E-state index contributed by atoms with van der Waals surface area (Å²) in [7, 11) is 0. The number of halogens is 3. The Labute approximate surface area is 172 Å². The molecule has 0 radical (unpaired) electrons. The molecule has 0 bridgehead atoms. The lowest BCUT2D eigenvalue weighted by Crippen LogP contribution is -2.36. The molecule has 0 aliphatic rings. The fraction of sp³-hybridized carbons (Fsp3) is 0.158. The Morgan fingerprint density at radius 2 is 2.03 bits per heavy atom. The number of carboxylic acid groups (broad SMARTS) is 1. The lowest BCUT2D eigenvalue weighted by molar-refractivity contribution is -0.138. The summed E-state index contributed by atoms with van der Waals surface area (Å²) in [6.45, 7) is 2.83. The summed E-state index contributed by atoms with van der Waals surface area (Å²) in [5.41, 5.74) is -0.812. The zero-order valence-electron chi connectivity index (χ0n) is 15.3. The van der Waals surface area contributed by atoms with Crippen LogP contribution in [0.3, 0.4) is 0 Å². The third-order valence-electron chi connectivity index (χ3n) is 3.92. The van der Waals surface area contributed by atoms with Crippen molar-refractivity contribution in [1.29, 1.82) is 0 Å². The number of rotatable bonds is 7. The first-order chi connectivity index (χ1) is 14.2. The highest BCUT2D eigenvalue weighted by atomic mass is 32.1. The Morgan fingerprint density at radius 3 is 2.63 bits per heavy atom. The number of aromatic nitrogens is 3. The number of carboxylic acids is 1. The van der Waals surface area contributed by atoms with Crippen LogP contribution in [0, 0.1) is 0 Å². The summed E-state index contributed by atoms with van der Waals surface area (Å²) in [5, 5.41) is 14.9. The molecule has 2 heterocycles. The number of carbonyl (C=O) groups is 2. The number of carbonyl (C=O) groups excluding carboxylic acids is 1. The van der Waals surface area contributed by atoms with Gasteiger partial charge in [0.2, 0.25) is 5.82 Å². The normalized spacial score (nSPS) is 11.3. The van der Waals surface area contributed by atoms with Crippen molar-refractivity contribution in [2.24, 2.45) is 0 Å². The summed E-state index contributed by atoms with van der Waals surface area (Å²) < 4.78 is 40.5. The van der Waals surface area contributed by atoms with Gasteiger partial charge >= 0.3 is 12.1 Å². The van der Waals surface area contributed by atoms with Gasteiger partial charge in [0.05, 0.1) is 16.1 Å². The highest BCUT2D eigenvalue weighted by Gasteiger charge is 2.31. The van der Waals surface area contributed by atoms with Gasteiger partial charge in [0.1, 0.15) is 6.54 Å². The predicted octanol–water partition coefficient (Wildman–Crippen LogP) is 3.73. The molecule has 3 aromatic rings. The van der Waals surface area contributed by atoms with Crippen molar-refractivity contribution in [1.82, 2.24) is 19.7 Å². The largest absolute Gasteiger partial charge is 0.480 e. The second-order valence-corrected chi connectivity index (χ2v) is 7.01. The first-order valence-corrected chi connectivity index (χ1v) is 9.39. The number of benzene rings is 1. The van der Waals surface area contributed by atoms with E-state index in [0.717, 1.165) is 21.7 Å². The predicted molar refractivity (Wildman–Crippen MR) is 103 cm³/mol. The standard InChI is InChI=1S/C19H15F3N4O3S/c1-2-8-25(11-15(27)28)18(29)16-23-17(14-7-4-9-30-14)26(24-16)13-6-3-5-12(10-13)19(20,21)22/h2-7,9-10H,1,8,11H2,(H,27,28). The van der Waals surface area contributed by atoms with E-state index >= 15 is 0 Å². The van der Waals surface area contributed by atoms with Gasteiger partial charge in [0.15, 0.2) is 5.82 Å². The Hall–Kier alpha value is -3.47.